The van der Waals surface area contributed by atoms with E-state index in [1.165, 1.54) is 14.7 Å². The molecule has 0 atom stereocenters. The van der Waals surface area contributed by atoms with E-state index in [1.54, 1.807) is 0 Å². The number of hydrogen-bond donors (Lipinski definition) is 0. The third-order valence-corrected chi connectivity index (χ3v) is 14.3. The first-order valence-corrected chi connectivity index (χ1v) is 17.8. The van der Waals surface area contributed by atoms with Crippen molar-refractivity contribution in [1.82, 2.24) is 0 Å². The van der Waals surface area contributed by atoms with Crippen molar-refractivity contribution in [2.45, 2.75) is 57.6 Å². The Morgan fingerprint density at radius 3 is 1.04 bits per heavy atom. The summed E-state index contributed by atoms with van der Waals surface area (Å²) in [5.41, 5.74) is -21.3. The van der Waals surface area contributed by atoms with Gasteiger partial charge in [-0.3, -0.25) is 25.3 Å². The van der Waals surface area contributed by atoms with Gasteiger partial charge in [0.1, 0.15) is 11.4 Å². The van der Waals surface area contributed by atoms with Gasteiger partial charge in [0.2, 0.25) is 0 Å². The normalized spacial score (nSPS) is 13.7. The predicted octanol–water partition coefficient (Wildman–Crippen LogP) is 7.20. The largest absolute Gasteiger partial charge is 0.488 e. The topological polar surface area (TPSA) is 112 Å². The monoisotopic (exact) mass is 746 g/mol. The number of rotatable bonds is 7. The number of benzene rings is 3. The van der Waals surface area contributed by atoms with Gasteiger partial charge < -0.3 is 4.74 Å². The van der Waals surface area contributed by atoms with Gasteiger partial charge in [0.25, 0.3) is 0 Å². The van der Waals surface area contributed by atoms with Crippen LogP contribution in [-0.4, -0.2) is 47.4 Å². The van der Waals surface area contributed by atoms with Crippen LogP contribution in [-0.2, 0) is 40.4 Å². The van der Waals surface area contributed by atoms with E-state index in [0.29, 0.717) is 0 Å². The Morgan fingerprint density at radius 1 is 0.500 bits per heavy atom. The molecule has 0 fully saturated rings. The van der Waals surface area contributed by atoms with Crippen molar-refractivity contribution in [3.05, 3.63) is 88.8 Å². The molecule has 3 rings (SSSR count). The van der Waals surface area contributed by atoms with Crippen molar-refractivity contribution in [2.24, 2.45) is 0 Å². The van der Waals surface area contributed by atoms with Crippen molar-refractivity contribution >= 4 is 40.4 Å². The molecule has 0 heterocycles. The number of sulfone groups is 3. The van der Waals surface area contributed by atoms with Crippen molar-refractivity contribution in [1.29, 1.82) is 0 Å². The fourth-order valence-corrected chi connectivity index (χ4v) is 11.1. The second-order valence-corrected chi connectivity index (χ2v) is 18.2. The Bertz CT molecular complexity index is 1640. The summed E-state index contributed by atoms with van der Waals surface area (Å²) in [5.74, 6) is 0.913. The highest BCUT2D eigenvalue weighted by Crippen LogP contribution is 2.47. The molecule has 0 saturated heterocycles. The molecule has 0 saturated carbocycles. The van der Waals surface area contributed by atoms with Crippen molar-refractivity contribution in [3.63, 3.8) is 0 Å². The van der Waals surface area contributed by atoms with Crippen LogP contribution >= 0.6 is 0 Å². The zero-order valence-electron chi connectivity index (χ0n) is 23.5. The van der Waals surface area contributed by atoms with Crippen LogP contribution < -0.4 is 4.74 Å². The molecule has 0 aliphatic rings. The van der Waals surface area contributed by atoms with Gasteiger partial charge in [-0.15, -0.1) is 0 Å². The van der Waals surface area contributed by atoms with Crippen LogP contribution in [0.25, 0.3) is 0 Å². The number of alkyl halides is 9. The molecule has 0 unspecified atom stereocenters. The Kier molecular flexibility index (Phi) is 11.6. The molecule has 0 bridgehead atoms. The molecule has 0 radical (unpaired) electrons. The molecule has 0 amide bonds. The van der Waals surface area contributed by atoms with E-state index in [0.717, 1.165) is 5.75 Å². The molecule has 0 N–H and O–H groups in total. The molecular formula is C26H23F9O7S4. The van der Waals surface area contributed by atoms with E-state index in [9.17, 15) is 64.8 Å². The lowest BCUT2D eigenvalue weighted by Gasteiger charge is -2.31. The minimum atomic E-state index is -8.02. The van der Waals surface area contributed by atoms with Crippen molar-refractivity contribution < 1.29 is 69.5 Å². The van der Waals surface area contributed by atoms with Crippen LogP contribution in [0.1, 0.15) is 20.8 Å². The molecule has 0 spiro atoms. The Balaban J connectivity index is 0.000000322. The fourth-order valence-electron chi connectivity index (χ4n) is 3.24. The summed E-state index contributed by atoms with van der Waals surface area (Å²) in [6.07, 6.45) is 0. The van der Waals surface area contributed by atoms with E-state index >= 15 is 0 Å². The van der Waals surface area contributed by atoms with Gasteiger partial charge in [-0.05, 0) is 69.3 Å². The molecular weight excluding hydrogens is 724 g/mol. The summed E-state index contributed by atoms with van der Waals surface area (Å²) in [6, 6.07) is 29.9. The highest BCUT2D eigenvalue weighted by Gasteiger charge is 2.63. The van der Waals surface area contributed by atoms with Gasteiger partial charge in [-0.1, -0.05) is 36.4 Å². The maximum Gasteiger partial charge on any atom is 0.470 e. The second-order valence-electron chi connectivity index (χ2n) is 9.72. The zero-order valence-corrected chi connectivity index (χ0v) is 26.7. The quantitative estimate of drug-likeness (QED) is 0.143. The van der Waals surface area contributed by atoms with Gasteiger partial charge in [0.15, 0.2) is 44.2 Å². The van der Waals surface area contributed by atoms with E-state index in [1.807, 2.05) is 0 Å². The molecule has 3 aromatic rings. The summed E-state index contributed by atoms with van der Waals surface area (Å²) < 4.78 is 173. The maximum atomic E-state index is 12.0. The molecule has 20 heteroatoms. The number of ether oxygens (including phenoxy) is 1. The highest BCUT2D eigenvalue weighted by molar-refractivity contribution is 8.29. The van der Waals surface area contributed by atoms with E-state index in [4.69, 9.17) is 4.74 Å². The maximum absolute atomic E-state index is 12.0. The van der Waals surface area contributed by atoms with Crippen LogP contribution in [0.2, 0.25) is 0 Å². The molecule has 0 aliphatic carbocycles. The first-order valence-electron chi connectivity index (χ1n) is 12.1. The van der Waals surface area contributed by atoms with Crippen molar-refractivity contribution in [2.75, 3.05) is 0 Å². The number of halogens is 9. The van der Waals surface area contributed by atoms with Crippen LogP contribution in [0.15, 0.2) is 99.6 Å². The first kappa shape index (κ1) is 39.2. The Hall–Kier alpha value is -2.97. The lowest BCUT2D eigenvalue weighted by atomic mass is 10.2. The average Bonchev–Trinajstić information content (AvgIpc) is 2.88. The Labute approximate surface area is 261 Å². The average molecular weight is 747 g/mol. The van der Waals surface area contributed by atoms with E-state index in [2.05, 4.69) is 106 Å². The zero-order chi connectivity index (χ0) is 35.6. The predicted molar refractivity (Wildman–Crippen MR) is 150 cm³/mol. The summed E-state index contributed by atoms with van der Waals surface area (Å²) in [7, 11) is -24.2. The van der Waals surface area contributed by atoms with Crippen LogP contribution in [0, 0.1) is 3.91 Å². The third-order valence-electron chi connectivity index (χ3n) is 5.01. The minimum absolute atomic E-state index is 0.102. The summed E-state index contributed by atoms with van der Waals surface area (Å²) in [5, 5.41) is 0. The fraction of sp³-hybridized carbons (Fsp3) is 0.269. The van der Waals surface area contributed by atoms with Crippen LogP contribution in [0.4, 0.5) is 39.5 Å². The lowest BCUT2D eigenvalue weighted by Crippen LogP contribution is -2.47. The molecule has 0 aromatic heterocycles. The summed E-state index contributed by atoms with van der Waals surface area (Å²) >= 11 is 0. The molecule has 256 valence electrons. The Morgan fingerprint density at radius 2 is 0.783 bits per heavy atom. The molecule has 7 nitrogen and oxygen atoms in total. The number of hydrogen-bond acceptors (Lipinski definition) is 7. The van der Waals surface area contributed by atoms with Gasteiger partial charge in [0, 0.05) is 0 Å². The van der Waals surface area contributed by atoms with Gasteiger partial charge >= 0.3 is 16.5 Å². The SMILES string of the molecule is CC(C)(C)Oc1ccc([S+](c2ccccc2)c2ccccc2)cc1.O=S(=O)([C-](S(=O)(=O)C(F)(F)F)S(=O)(=O)C(F)(F)F)C(F)(F)F. The smallest absolute Gasteiger partial charge is 0.470 e. The standard InChI is InChI=1S/C22H23OS.C4F9O6S3/c1-22(2,3)23-18-14-16-21(17-15-18)24(19-10-6-4-7-11-19)20-12-8-5-9-13-20;5-2(6,7)20(14,15)1(21(16,17)3(8,9)10)22(18,19)4(11,12)13/h4-17H,1-3H3;/q+1;-1. The van der Waals surface area contributed by atoms with Crippen molar-refractivity contribution in [3.8, 4) is 5.75 Å². The van der Waals surface area contributed by atoms with E-state index < -0.39 is 50.0 Å². The summed E-state index contributed by atoms with van der Waals surface area (Å²) in [6.45, 7) is 6.21. The van der Waals surface area contributed by atoms with Crippen LogP contribution in [0.3, 0.4) is 0 Å². The van der Waals surface area contributed by atoms with E-state index in [-0.39, 0.29) is 16.5 Å². The third kappa shape index (κ3) is 9.09. The van der Waals surface area contributed by atoms with Gasteiger partial charge in [-0.25, -0.2) is 0 Å². The van der Waals surface area contributed by atoms with Crippen LogP contribution in [0.5, 0.6) is 5.75 Å². The van der Waals surface area contributed by atoms with Gasteiger partial charge in [0.05, 0.1) is 14.8 Å². The lowest BCUT2D eigenvalue weighted by molar-refractivity contribution is -0.0471. The minimum Gasteiger partial charge on any atom is -0.488 e. The molecule has 46 heavy (non-hydrogen) atoms. The molecule has 3 aromatic carbocycles. The summed E-state index contributed by atoms with van der Waals surface area (Å²) in [4.78, 5) is 3.95. The van der Waals surface area contributed by atoms with Gasteiger partial charge in [-0.2, -0.15) is 39.5 Å². The second kappa shape index (κ2) is 13.6. The first-order chi connectivity index (χ1) is 20.6. The highest BCUT2D eigenvalue weighted by atomic mass is 32.3. The molecule has 0 aliphatic heterocycles.